The molecule has 0 saturated carbocycles. The Labute approximate surface area is 172 Å². The topological polar surface area (TPSA) is 0 Å². The molecule has 0 aliphatic carbocycles. The molecule has 3 heteroatoms. The number of halogens is 1. The molecule has 0 aliphatic rings. The van der Waals surface area contributed by atoms with Crippen LogP contribution in [0.4, 0.5) is 0 Å². The highest BCUT2D eigenvalue weighted by Gasteiger charge is 2.12. The van der Waals surface area contributed by atoms with Gasteiger partial charge in [-0.05, 0) is 47.5 Å². The van der Waals surface area contributed by atoms with Crippen molar-refractivity contribution in [1.82, 2.24) is 0 Å². The Bertz CT molecular complexity index is 1490. The lowest BCUT2D eigenvalue weighted by Crippen LogP contribution is -1.79. The van der Waals surface area contributed by atoms with Crippen molar-refractivity contribution in [3.63, 3.8) is 0 Å². The minimum Gasteiger partial charge on any atom is -0.135 e. The maximum absolute atomic E-state index is 3.64. The van der Waals surface area contributed by atoms with E-state index in [1.807, 2.05) is 22.7 Å². The summed E-state index contributed by atoms with van der Waals surface area (Å²) in [5.74, 6) is 0. The monoisotopic (exact) mass is 444 g/mol. The molecular weight excluding hydrogens is 432 g/mol. The summed E-state index contributed by atoms with van der Waals surface area (Å²) in [7, 11) is 0. The molecule has 0 radical (unpaired) electrons. The zero-order chi connectivity index (χ0) is 18.0. The molecule has 6 rings (SSSR count). The van der Waals surface area contributed by atoms with Crippen molar-refractivity contribution >= 4 is 78.9 Å². The van der Waals surface area contributed by atoms with E-state index in [0.717, 1.165) is 4.47 Å². The Morgan fingerprint density at radius 1 is 0.556 bits per heavy atom. The van der Waals surface area contributed by atoms with Gasteiger partial charge in [0.15, 0.2) is 0 Å². The molecule has 0 nitrogen and oxygen atoms in total. The van der Waals surface area contributed by atoms with Crippen molar-refractivity contribution in [1.29, 1.82) is 0 Å². The number of rotatable bonds is 1. The largest absolute Gasteiger partial charge is 0.135 e. The first-order chi connectivity index (χ1) is 13.3. The van der Waals surface area contributed by atoms with Crippen LogP contribution in [0.2, 0.25) is 0 Å². The Balaban J connectivity index is 1.68. The lowest BCUT2D eigenvalue weighted by molar-refractivity contribution is 1.73. The molecule has 4 aromatic carbocycles. The maximum atomic E-state index is 3.64. The second-order valence-corrected chi connectivity index (χ2v) is 9.81. The maximum Gasteiger partial charge on any atom is 0.0361 e. The molecule has 0 bridgehead atoms. The summed E-state index contributed by atoms with van der Waals surface area (Å²) in [6.07, 6.45) is 0. The van der Waals surface area contributed by atoms with Crippen LogP contribution in [0.25, 0.3) is 51.5 Å². The van der Waals surface area contributed by atoms with Crippen LogP contribution in [-0.4, -0.2) is 0 Å². The molecule has 2 aromatic heterocycles. The molecule has 0 N–H and O–H groups in total. The Kier molecular flexibility index (Phi) is 3.46. The van der Waals surface area contributed by atoms with E-state index in [9.17, 15) is 0 Å². The molecule has 27 heavy (non-hydrogen) atoms. The van der Waals surface area contributed by atoms with Gasteiger partial charge in [0.25, 0.3) is 0 Å². The first-order valence-electron chi connectivity index (χ1n) is 8.80. The van der Waals surface area contributed by atoms with Crippen LogP contribution in [0.15, 0.2) is 83.3 Å². The zero-order valence-electron chi connectivity index (χ0n) is 14.2. The summed E-state index contributed by atoms with van der Waals surface area (Å²) >= 11 is 7.39. The molecule has 0 aliphatic heterocycles. The van der Waals surface area contributed by atoms with Gasteiger partial charge in [-0.1, -0.05) is 58.4 Å². The van der Waals surface area contributed by atoms with Gasteiger partial charge in [-0.15, -0.1) is 22.7 Å². The van der Waals surface area contributed by atoms with E-state index in [1.165, 1.54) is 51.5 Å². The lowest BCUT2D eigenvalue weighted by Gasteiger charge is -2.05. The summed E-state index contributed by atoms with van der Waals surface area (Å²) in [4.78, 5) is 0. The minimum absolute atomic E-state index is 1.13. The van der Waals surface area contributed by atoms with Crippen LogP contribution in [0.5, 0.6) is 0 Å². The highest BCUT2D eigenvalue weighted by molar-refractivity contribution is 9.10. The van der Waals surface area contributed by atoms with Gasteiger partial charge in [0.2, 0.25) is 0 Å². The van der Waals surface area contributed by atoms with Crippen LogP contribution >= 0.6 is 38.6 Å². The lowest BCUT2D eigenvalue weighted by atomic mass is 9.98. The van der Waals surface area contributed by atoms with Crippen molar-refractivity contribution in [3.8, 4) is 11.1 Å². The average molecular weight is 445 g/mol. The zero-order valence-corrected chi connectivity index (χ0v) is 17.4. The molecular formula is C24H13BrS2. The van der Waals surface area contributed by atoms with Gasteiger partial charge in [0.05, 0.1) is 0 Å². The van der Waals surface area contributed by atoms with Crippen molar-refractivity contribution < 1.29 is 0 Å². The summed E-state index contributed by atoms with van der Waals surface area (Å²) in [6.45, 7) is 0. The van der Waals surface area contributed by atoms with E-state index in [4.69, 9.17) is 0 Å². The molecule has 0 unspecified atom stereocenters. The van der Waals surface area contributed by atoms with Crippen LogP contribution in [0.3, 0.4) is 0 Å². The summed E-state index contributed by atoms with van der Waals surface area (Å²) in [5, 5.41) is 5.40. The van der Waals surface area contributed by atoms with E-state index < -0.39 is 0 Å². The Hall–Kier alpha value is -2.20. The van der Waals surface area contributed by atoms with Crippen LogP contribution in [0, 0.1) is 0 Å². The fourth-order valence-corrected chi connectivity index (χ4v) is 6.55. The quantitative estimate of drug-likeness (QED) is 0.237. The number of benzene rings is 4. The number of fused-ring (bicyclic) bond motifs is 6. The number of hydrogen-bond donors (Lipinski definition) is 0. The molecule has 0 atom stereocenters. The van der Waals surface area contributed by atoms with Crippen molar-refractivity contribution in [3.05, 3.63) is 83.3 Å². The van der Waals surface area contributed by atoms with E-state index in [1.54, 1.807) is 0 Å². The van der Waals surface area contributed by atoms with Crippen molar-refractivity contribution in [2.24, 2.45) is 0 Å². The van der Waals surface area contributed by atoms with E-state index >= 15 is 0 Å². The van der Waals surface area contributed by atoms with Gasteiger partial charge < -0.3 is 0 Å². The van der Waals surface area contributed by atoms with Gasteiger partial charge in [-0.25, -0.2) is 0 Å². The van der Waals surface area contributed by atoms with Gasteiger partial charge in [-0.3, -0.25) is 0 Å². The smallest absolute Gasteiger partial charge is 0.0361 e. The van der Waals surface area contributed by atoms with Crippen LogP contribution < -0.4 is 0 Å². The third-order valence-corrected chi connectivity index (χ3v) is 7.91. The summed E-state index contributed by atoms with van der Waals surface area (Å²) in [5.41, 5.74) is 2.61. The van der Waals surface area contributed by atoms with E-state index in [2.05, 4.69) is 94.8 Å². The summed E-state index contributed by atoms with van der Waals surface area (Å²) in [6, 6.07) is 28.8. The van der Waals surface area contributed by atoms with Crippen molar-refractivity contribution in [2.75, 3.05) is 0 Å². The normalized spacial score (nSPS) is 11.9. The molecule has 0 amide bonds. The molecule has 0 saturated heterocycles. The number of hydrogen-bond acceptors (Lipinski definition) is 2. The Morgan fingerprint density at radius 3 is 2.30 bits per heavy atom. The van der Waals surface area contributed by atoms with Crippen molar-refractivity contribution in [2.45, 2.75) is 0 Å². The Morgan fingerprint density at radius 2 is 1.33 bits per heavy atom. The molecule has 2 heterocycles. The summed E-state index contributed by atoms with van der Waals surface area (Å²) < 4.78 is 6.52. The second kappa shape index (κ2) is 5.90. The molecule has 6 aromatic rings. The first-order valence-corrected chi connectivity index (χ1v) is 11.2. The molecule has 128 valence electrons. The average Bonchev–Trinajstić information content (AvgIpc) is 3.25. The highest BCUT2D eigenvalue weighted by Crippen LogP contribution is 2.42. The minimum atomic E-state index is 1.13. The predicted molar refractivity (Wildman–Crippen MR) is 125 cm³/mol. The molecule has 0 fully saturated rings. The number of thiophene rings is 2. The van der Waals surface area contributed by atoms with Gasteiger partial charge in [-0.2, -0.15) is 0 Å². The first kappa shape index (κ1) is 15.8. The molecule has 0 spiro atoms. The van der Waals surface area contributed by atoms with Gasteiger partial charge >= 0.3 is 0 Å². The standard InChI is InChI=1S/C24H13BrS2/c25-15-9-11-21-19(13-15)24-16(5-3-7-22(24)26-21)14-8-10-18-17-4-1-2-6-20(17)27-23(18)12-14/h1-13H. The van der Waals surface area contributed by atoms with E-state index in [-0.39, 0.29) is 0 Å². The second-order valence-electron chi connectivity index (χ2n) is 6.73. The SMILES string of the molecule is Brc1ccc2sc3cccc(-c4ccc5c(c4)sc4ccccc45)c3c2c1. The third-order valence-electron chi connectivity index (χ3n) is 5.15. The van der Waals surface area contributed by atoms with E-state index in [0.29, 0.717) is 0 Å². The predicted octanol–water partition coefficient (Wildman–Crippen LogP) is 8.85. The van der Waals surface area contributed by atoms with Gasteiger partial charge in [0.1, 0.15) is 0 Å². The fourth-order valence-electron chi connectivity index (χ4n) is 3.93. The fraction of sp³-hybridized carbons (Fsp3) is 0. The van der Waals surface area contributed by atoms with Crippen LogP contribution in [-0.2, 0) is 0 Å². The highest BCUT2D eigenvalue weighted by atomic mass is 79.9. The van der Waals surface area contributed by atoms with Gasteiger partial charge in [0, 0.05) is 44.8 Å². The third kappa shape index (κ3) is 2.39. The van der Waals surface area contributed by atoms with Crippen LogP contribution in [0.1, 0.15) is 0 Å².